The molecule has 1 aromatic heterocycles. The second-order valence-electron chi connectivity index (χ2n) is 8.82. The molecule has 178 valence electrons. The van der Waals surface area contributed by atoms with Gasteiger partial charge in [0.15, 0.2) is 0 Å². The number of hydrogen-bond donors (Lipinski definition) is 3. The smallest absolute Gasteiger partial charge is 0.407 e. The highest BCUT2D eigenvalue weighted by molar-refractivity contribution is 7.09. The van der Waals surface area contributed by atoms with Crippen LogP contribution in [0.5, 0.6) is 0 Å². The van der Waals surface area contributed by atoms with Gasteiger partial charge in [-0.15, -0.1) is 11.3 Å². The van der Waals surface area contributed by atoms with E-state index in [1.807, 2.05) is 31.6 Å². The maximum atomic E-state index is 13.7. The van der Waals surface area contributed by atoms with Crippen molar-refractivity contribution in [3.63, 3.8) is 0 Å². The van der Waals surface area contributed by atoms with Crippen molar-refractivity contribution < 1.29 is 19.5 Å². The van der Waals surface area contributed by atoms with Crippen molar-refractivity contribution in [2.24, 2.45) is 5.92 Å². The average molecular weight is 466 g/mol. The van der Waals surface area contributed by atoms with Gasteiger partial charge in [-0.2, -0.15) is 0 Å². The fourth-order valence-electron chi connectivity index (χ4n) is 4.67. The van der Waals surface area contributed by atoms with Crippen LogP contribution in [0.1, 0.15) is 30.6 Å². The lowest BCUT2D eigenvalue weighted by Gasteiger charge is -2.44. The third-order valence-corrected chi connectivity index (χ3v) is 7.16. The Morgan fingerprint density at radius 2 is 2.09 bits per heavy atom. The Morgan fingerprint density at radius 3 is 2.78 bits per heavy atom. The van der Waals surface area contributed by atoms with Gasteiger partial charge in [0.2, 0.25) is 11.8 Å². The minimum Gasteiger partial charge on any atom is -0.465 e. The van der Waals surface area contributed by atoms with Crippen molar-refractivity contribution in [2.45, 2.75) is 44.3 Å². The molecule has 2 aliphatic heterocycles. The largest absolute Gasteiger partial charge is 0.465 e. The van der Waals surface area contributed by atoms with Gasteiger partial charge in [0.1, 0.15) is 12.1 Å². The van der Waals surface area contributed by atoms with Crippen molar-refractivity contribution in [1.82, 2.24) is 25.3 Å². The van der Waals surface area contributed by atoms with Crippen LogP contribution in [-0.4, -0.2) is 96.6 Å². The average Bonchev–Trinajstić information content (AvgIpc) is 3.30. The van der Waals surface area contributed by atoms with E-state index < -0.39 is 18.2 Å². The fraction of sp³-hybridized carbons (Fsp3) is 0.682. The molecule has 0 radical (unpaired) electrons. The number of hydrogen-bond acceptors (Lipinski definition) is 6. The first-order chi connectivity index (χ1) is 15.4. The zero-order valence-electron chi connectivity index (χ0n) is 19.0. The topological polar surface area (TPSA) is 105 Å². The molecule has 3 N–H and O–H groups in total. The van der Waals surface area contributed by atoms with Gasteiger partial charge in [-0.3, -0.25) is 14.5 Å². The molecule has 1 aromatic rings. The van der Waals surface area contributed by atoms with Gasteiger partial charge >= 0.3 is 6.09 Å². The van der Waals surface area contributed by atoms with Crippen LogP contribution in [0.4, 0.5) is 4.79 Å². The molecule has 0 spiro atoms. The molecule has 0 bridgehead atoms. The van der Waals surface area contributed by atoms with E-state index in [2.05, 4.69) is 15.5 Å². The fourth-order valence-corrected chi connectivity index (χ4v) is 5.32. The summed E-state index contributed by atoms with van der Waals surface area (Å²) in [4.78, 5) is 44.7. The third-order valence-electron chi connectivity index (χ3n) is 6.28. The molecule has 2 fully saturated rings. The molecule has 0 aliphatic carbocycles. The predicted molar refractivity (Wildman–Crippen MR) is 124 cm³/mol. The summed E-state index contributed by atoms with van der Waals surface area (Å²) >= 11 is 1.57. The Hall–Kier alpha value is -2.17. The van der Waals surface area contributed by atoms with Crippen LogP contribution in [0.25, 0.3) is 0 Å². The number of piperidine rings is 1. The van der Waals surface area contributed by atoms with E-state index in [0.29, 0.717) is 32.7 Å². The van der Waals surface area contributed by atoms with Gasteiger partial charge in [0.25, 0.3) is 0 Å². The number of likely N-dealkylation sites (tertiary alicyclic amines) is 1. The summed E-state index contributed by atoms with van der Waals surface area (Å²) in [5.41, 5.74) is 0. The van der Waals surface area contributed by atoms with Crippen molar-refractivity contribution in [3.8, 4) is 0 Å². The van der Waals surface area contributed by atoms with Crippen LogP contribution in [0, 0.1) is 5.92 Å². The number of carboxylic acid groups (broad SMARTS) is 1. The second kappa shape index (κ2) is 11.6. The van der Waals surface area contributed by atoms with Crippen LogP contribution < -0.4 is 10.6 Å². The third kappa shape index (κ3) is 6.20. The number of carbonyl (C=O) groups excluding carboxylic acids is 2. The van der Waals surface area contributed by atoms with Crippen molar-refractivity contribution >= 4 is 29.2 Å². The summed E-state index contributed by atoms with van der Waals surface area (Å²) in [6, 6.07) is 2.52. The highest BCUT2D eigenvalue weighted by Gasteiger charge is 2.44. The van der Waals surface area contributed by atoms with Crippen LogP contribution in [-0.2, 0) is 16.1 Å². The zero-order valence-corrected chi connectivity index (χ0v) is 19.8. The Morgan fingerprint density at radius 1 is 1.28 bits per heavy atom. The van der Waals surface area contributed by atoms with E-state index in [-0.39, 0.29) is 17.7 Å². The molecule has 0 aromatic carbocycles. The molecule has 32 heavy (non-hydrogen) atoms. The lowest BCUT2D eigenvalue weighted by Crippen LogP contribution is -2.65. The number of piperazine rings is 1. The van der Waals surface area contributed by atoms with Crippen LogP contribution >= 0.6 is 11.3 Å². The minimum absolute atomic E-state index is 0.0305. The lowest BCUT2D eigenvalue weighted by atomic mass is 9.84. The van der Waals surface area contributed by atoms with E-state index in [0.717, 1.165) is 37.1 Å². The number of nitrogens with one attached hydrogen (secondary N) is 2. The van der Waals surface area contributed by atoms with Gasteiger partial charge < -0.3 is 25.5 Å². The van der Waals surface area contributed by atoms with Crippen LogP contribution in [0.2, 0.25) is 0 Å². The molecule has 0 saturated carbocycles. The highest BCUT2D eigenvalue weighted by Crippen LogP contribution is 2.30. The van der Waals surface area contributed by atoms with E-state index in [1.165, 1.54) is 4.90 Å². The molecule has 2 aliphatic rings. The van der Waals surface area contributed by atoms with Gasteiger partial charge in [-0.1, -0.05) is 6.07 Å². The predicted octanol–water partition coefficient (Wildman–Crippen LogP) is 1.27. The van der Waals surface area contributed by atoms with E-state index in [9.17, 15) is 19.5 Å². The second-order valence-corrected chi connectivity index (χ2v) is 9.85. The first-order valence-corrected chi connectivity index (χ1v) is 12.2. The number of carbonyl (C=O) groups is 3. The van der Waals surface area contributed by atoms with E-state index in [1.54, 1.807) is 16.2 Å². The molecule has 3 atom stereocenters. The standard InChI is InChI=1S/C22H35N5O4S/c1-25(2)10-3-6-16-7-4-11-27(22(30)31)19(16)21(29)26-12-9-23-15-18(26)20(28)24-14-17-8-5-13-32-17/h5,8,13,16,18-19,23H,3-4,6-7,9-12,14-15H2,1-2H3,(H,24,28)(H,30,31)/t16-,18?,19+/m0/s1. The maximum absolute atomic E-state index is 13.7. The van der Waals surface area contributed by atoms with E-state index >= 15 is 0 Å². The molecule has 1 unspecified atom stereocenters. The Kier molecular flexibility index (Phi) is 8.89. The number of nitrogens with zero attached hydrogens (tertiary/aromatic N) is 3. The SMILES string of the molecule is CN(C)CCC[C@H]1CCCN(C(=O)O)[C@H]1C(=O)N1CCNCC1C(=O)NCc1cccs1. The summed E-state index contributed by atoms with van der Waals surface area (Å²) in [5.74, 6) is -0.475. The lowest BCUT2D eigenvalue weighted by molar-refractivity contribution is -0.148. The monoisotopic (exact) mass is 465 g/mol. The summed E-state index contributed by atoms with van der Waals surface area (Å²) in [6.45, 7) is 3.03. The molecular formula is C22H35N5O4S. The number of thiophene rings is 1. The summed E-state index contributed by atoms with van der Waals surface area (Å²) < 4.78 is 0. The molecule has 2 saturated heterocycles. The number of rotatable bonds is 8. The molecule has 9 nitrogen and oxygen atoms in total. The van der Waals surface area contributed by atoms with Gasteiger partial charge in [-0.25, -0.2) is 4.79 Å². The summed E-state index contributed by atoms with van der Waals surface area (Å²) in [6.07, 6.45) is 2.22. The normalized spacial score (nSPS) is 23.9. The van der Waals surface area contributed by atoms with Gasteiger partial charge in [-0.05, 0) is 63.7 Å². The van der Waals surface area contributed by atoms with Gasteiger partial charge in [0, 0.05) is 31.1 Å². The molecule has 3 amide bonds. The van der Waals surface area contributed by atoms with Crippen molar-refractivity contribution in [3.05, 3.63) is 22.4 Å². The van der Waals surface area contributed by atoms with Crippen molar-refractivity contribution in [1.29, 1.82) is 0 Å². The van der Waals surface area contributed by atoms with Crippen LogP contribution in [0.3, 0.4) is 0 Å². The number of amides is 3. The quantitative estimate of drug-likeness (QED) is 0.534. The highest BCUT2D eigenvalue weighted by atomic mass is 32.1. The molecule has 3 rings (SSSR count). The zero-order chi connectivity index (χ0) is 23.1. The first-order valence-electron chi connectivity index (χ1n) is 11.3. The molecular weight excluding hydrogens is 430 g/mol. The Bertz CT molecular complexity index is 772. The van der Waals surface area contributed by atoms with E-state index in [4.69, 9.17) is 0 Å². The summed E-state index contributed by atoms with van der Waals surface area (Å²) in [7, 11) is 4.01. The van der Waals surface area contributed by atoms with Crippen LogP contribution in [0.15, 0.2) is 17.5 Å². The first kappa shape index (κ1) is 24.5. The maximum Gasteiger partial charge on any atom is 0.407 e. The summed E-state index contributed by atoms with van der Waals surface area (Å²) in [5, 5.41) is 17.9. The van der Waals surface area contributed by atoms with Crippen molar-refractivity contribution in [2.75, 3.05) is 46.8 Å². The molecule has 10 heteroatoms. The Labute approximate surface area is 193 Å². The minimum atomic E-state index is -1.06. The molecule has 3 heterocycles. The Balaban J connectivity index is 1.73. The van der Waals surface area contributed by atoms with Gasteiger partial charge in [0.05, 0.1) is 6.54 Å².